The molecule has 2 aromatic rings. The number of aliphatic hydroxyl groups is 2. The summed E-state index contributed by atoms with van der Waals surface area (Å²) in [6.45, 7) is 7.20. The lowest BCUT2D eigenvalue weighted by Gasteiger charge is -2.62. The molecule has 6 rings (SSSR count). The second-order valence-electron chi connectivity index (χ2n) is 14.1. The fourth-order valence-electron chi connectivity index (χ4n) is 10.3. The van der Waals surface area contributed by atoms with E-state index in [1.54, 1.807) is 0 Å². The molecule has 4 aliphatic carbocycles. The third-order valence-corrected chi connectivity index (χ3v) is 12.5. The van der Waals surface area contributed by atoms with E-state index in [1.165, 1.54) is 25.7 Å². The molecule has 1 aromatic heterocycles. The first-order valence-corrected chi connectivity index (χ1v) is 15.3. The molecule has 4 fully saturated rings. The van der Waals surface area contributed by atoms with Crippen molar-refractivity contribution in [3.05, 3.63) is 30.5 Å². The molecule has 0 radical (unpaired) electrons. The Hall–Kier alpha value is -1.85. The van der Waals surface area contributed by atoms with Crippen molar-refractivity contribution in [2.24, 2.45) is 53.4 Å². The highest BCUT2D eigenvalue weighted by atomic mass is 16.3. The molecule has 208 valence electrons. The summed E-state index contributed by atoms with van der Waals surface area (Å²) in [4.78, 5) is 13.0. The molecule has 1 heterocycles. The molecule has 4 aliphatic rings. The number of nitrogens with one attached hydrogen (secondary N) is 1. The van der Waals surface area contributed by atoms with Crippen molar-refractivity contribution in [3.63, 3.8) is 0 Å². The highest BCUT2D eigenvalue weighted by Gasteiger charge is 2.63. The largest absolute Gasteiger partial charge is 0.393 e. The molecule has 1 aromatic carbocycles. The summed E-state index contributed by atoms with van der Waals surface area (Å²) in [5.41, 5.74) is 2.23. The van der Waals surface area contributed by atoms with E-state index in [2.05, 4.69) is 42.8 Å². The van der Waals surface area contributed by atoms with Crippen LogP contribution in [-0.2, 0) is 11.8 Å². The van der Waals surface area contributed by atoms with Crippen LogP contribution in [0.2, 0.25) is 0 Å². The Bertz CT molecular complexity index is 1190. The van der Waals surface area contributed by atoms with Gasteiger partial charge in [0.05, 0.1) is 17.9 Å². The van der Waals surface area contributed by atoms with Crippen LogP contribution in [0.1, 0.15) is 85.0 Å². The van der Waals surface area contributed by atoms with Crippen LogP contribution in [0.25, 0.3) is 10.9 Å². The zero-order valence-corrected chi connectivity index (χ0v) is 23.8. The smallest absolute Gasteiger partial charge is 0.224 e. The van der Waals surface area contributed by atoms with Crippen molar-refractivity contribution >= 4 is 22.5 Å². The molecular weight excluding hydrogens is 472 g/mol. The third kappa shape index (κ3) is 4.06. The van der Waals surface area contributed by atoms with E-state index >= 15 is 0 Å². The molecule has 5 heteroatoms. The maximum absolute atomic E-state index is 13.0. The fourth-order valence-corrected chi connectivity index (χ4v) is 10.3. The quantitative estimate of drug-likeness (QED) is 0.420. The topological polar surface area (TPSA) is 74.5 Å². The van der Waals surface area contributed by atoms with Crippen LogP contribution >= 0.6 is 0 Å². The van der Waals surface area contributed by atoms with Gasteiger partial charge in [-0.05, 0) is 122 Å². The van der Waals surface area contributed by atoms with Gasteiger partial charge in [0.2, 0.25) is 5.91 Å². The first kappa shape index (κ1) is 26.4. The Morgan fingerprint density at radius 3 is 2.71 bits per heavy atom. The Balaban J connectivity index is 1.12. The number of nitrogens with zero attached hydrogens (tertiary/aromatic N) is 1. The summed E-state index contributed by atoms with van der Waals surface area (Å²) < 4.78 is 2.08. The summed E-state index contributed by atoms with van der Waals surface area (Å²) in [7, 11) is 2.03. The van der Waals surface area contributed by atoms with Gasteiger partial charge < -0.3 is 20.1 Å². The first-order valence-electron chi connectivity index (χ1n) is 15.3. The van der Waals surface area contributed by atoms with Gasteiger partial charge in [-0.1, -0.05) is 26.8 Å². The number of rotatable bonds is 5. The van der Waals surface area contributed by atoms with Gasteiger partial charge in [0, 0.05) is 30.6 Å². The van der Waals surface area contributed by atoms with Gasteiger partial charge in [-0.2, -0.15) is 0 Å². The average molecular weight is 521 g/mol. The predicted molar refractivity (Wildman–Crippen MR) is 153 cm³/mol. The van der Waals surface area contributed by atoms with Gasteiger partial charge in [0.15, 0.2) is 0 Å². The highest BCUT2D eigenvalue weighted by Crippen LogP contribution is 2.68. The summed E-state index contributed by atoms with van der Waals surface area (Å²) in [6.07, 6.45) is 11.8. The average Bonchev–Trinajstić information content (AvgIpc) is 3.45. The van der Waals surface area contributed by atoms with Crippen LogP contribution in [0.5, 0.6) is 0 Å². The number of anilines is 1. The number of aromatic nitrogens is 1. The number of hydrogen-bond acceptors (Lipinski definition) is 3. The second-order valence-corrected chi connectivity index (χ2v) is 14.1. The van der Waals surface area contributed by atoms with E-state index in [0.717, 1.165) is 48.7 Å². The number of benzene rings is 1. The molecule has 5 nitrogen and oxygen atoms in total. The van der Waals surface area contributed by atoms with Crippen molar-refractivity contribution in [2.75, 3.05) is 5.32 Å². The van der Waals surface area contributed by atoms with E-state index in [1.807, 2.05) is 25.4 Å². The monoisotopic (exact) mass is 520 g/mol. The standard InChI is InChI=1S/C33H48N2O3/c1-20(8-13-31(38)34-28-6-5-7-29-24(28)15-17-35(29)4)25-11-12-26-23-10-9-21-18-22(36)14-16-32(21,2)27(23)19-30(37)33(25,26)3/h5-7,15,17,20-23,25-27,30,36-37H,8-14,16,18-19H2,1-4H3,(H,34,38)/t20-,21-,22-,23+,25-,26+,27+,30+,32+,33-/m1/s1. The summed E-state index contributed by atoms with van der Waals surface area (Å²) >= 11 is 0. The van der Waals surface area contributed by atoms with E-state index in [9.17, 15) is 15.0 Å². The number of amides is 1. The molecule has 0 spiro atoms. The van der Waals surface area contributed by atoms with Crippen LogP contribution in [-0.4, -0.2) is 32.9 Å². The zero-order valence-electron chi connectivity index (χ0n) is 23.8. The molecule has 3 N–H and O–H groups in total. The van der Waals surface area contributed by atoms with Crippen molar-refractivity contribution in [1.82, 2.24) is 4.57 Å². The number of carbonyl (C=O) groups is 1. The van der Waals surface area contributed by atoms with Gasteiger partial charge in [-0.25, -0.2) is 0 Å². The number of carbonyl (C=O) groups excluding carboxylic acids is 1. The molecule has 1 amide bonds. The number of fused-ring (bicyclic) bond motifs is 6. The summed E-state index contributed by atoms with van der Waals surface area (Å²) in [6, 6.07) is 8.13. The first-order chi connectivity index (χ1) is 18.1. The van der Waals surface area contributed by atoms with Crippen molar-refractivity contribution in [1.29, 1.82) is 0 Å². The molecule has 38 heavy (non-hydrogen) atoms. The molecule has 10 atom stereocenters. The Morgan fingerprint density at radius 1 is 1.08 bits per heavy atom. The second kappa shape index (κ2) is 9.66. The van der Waals surface area contributed by atoms with Gasteiger partial charge in [0.25, 0.3) is 0 Å². The molecule has 4 saturated carbocycles. The Labute approximate surface area is 228 Å². The maximum Gasteiger partial charge on any atom is 0.224 e. The Kier molecular flexibility index (Phi) is 6.70. The fraction of sp³-hybridized carbons (Fsp3) is 0.727. The van der Waals surface area contributed by atoms with Gasteiger partial charge in [-0.3, -0.25) is 4.79 Å². The highest BCUT2D eigenvalue weighted by molar-refractivity contribution is 6.01. The van der Waals surface area contributed by atoms with Crippen LogP contribution in [0, 0.1) is 46.3 Å². The normalized spacial score (nSPS) is 41.3. The number of hydrogen-bond donors (Lipinski definition) is 3. The molecule has 0 bridgehead atoms. The molecular formula is C33H48N2O3. The number of aliphatic hydroxyl groups excluding tert-OH is 2. The number of aryl methyl sites for hydroxylation is 1. The van der Waals surface area contributed by atoms with Crippen LogP contribution in [0.3, 0.4) is 0 Å². The minimum absolute atomic E-state index is 0.0515. The lowest BCUT2D eigenvalue weighted by Crippen LogP contribution is -2.58. The molecule has 0 aliphatic heterocycles. The van der Waals surface area contributed by atoms with Gasteiger partial charge >= 0.3 is 0 Å². The third-order valence-electron chi connectivity index (χ3n) is 12.5. The van der Waals surface area contributed by atoms with Gasteiger partial charge in [0.1, 0.15) is 0 Å². The van der Waals surface area contributed by atoms with Crippen molar-refractivity contribution < 1.29 is 15.0 Å². The predicted octanol–water partition coefficient (Wildman–Crippen LogP) is 6.52. The zero-order chi connectivity index (χ0) is 26.8. The molecule has 0 unspecified atom stereocenters. The van der Waals surface area contributed by atoms with Crippen LogP contribution in [0.4, 0.5) is 5.69 Å². The maximum atomic E-state index is 13.0. The van der Waals surface area contributed by atoms with E-state index in [-0.39, 0.29) is 28.9 Å². The van der Waals surface area contributed by atoms with E-state index in [4.69, 9.17) is 0 Å². The molecule has 0 saturated heterocycles. The summed E-state index contributed by atoms with van der Waals surface area (Å²) in [5, 5.41) is 26.4. The van der Waals surface area contributed by atoms with E-state index < -0.39 is 0 Å². The van der Waals surface area contributed by atoms with Crippen molar-refractivity contribution in [3.8, 4) is 0 Å². The Morgan fingerprint density at radius 2 is 1.89 bits per heavy atom. The lowest BCUT2D eigenvalue weighted by molar-refractivity contribution is -0.174. The minimum Gasteiger partial charge on any atom is -0.393 e. The minimum atomic E-state index is -0.268. The van der Waals surface area contributed by atoms with Crippen molar-refractivity contribution in [2.45, 2.75) is 97.2 Å². The van der Waals surface area contributed by atoms with Crippen LogP contribution in [0.15, 0.2) is 30.5 Å². The van der Waals surface area contributed by atoms with Crippen LogP contribution < -0.4 is 5.32 Å². The lowest BCUT2D eigenvalue weighted by atomic mass is 9.43. The van der Waals surface area contributed by atoms with Gasteiger partial charge in [-0.15, -0.1) is 0 Å². The van der Waals surface area contributed by atoms with E-state index in [0.29, 0.717) is 41.9 Å². The summed E-state index contributed by atoms with van der Waals surface area (Å²) in [5.74, 6) is 3.44. The SMILES string of the molecule is C[C@H](CCC(=O)Nc1cccc2c1ccn2C)[C@H]1CC[C@H]2[C@@H]3CC[C@@H]4C[C@H](O)CC[C@]4(C)[C@H]3C[C@H](O)[C@]12C.